The van der Waals surface area contributed by atoms with E-state index in [0.29, 0.717) is 11.3 Å². The summed E-state index contributed by atoms with van der Waals surface area (Å²) < 4.78 is 23.0. The number of rotatable bonds is 7. The van der Waals surface area contributed by atoms with E-state index in [1.807, 2.05) is 0 Å². The summed E-state index contributed by atoms with van der Waals surface area (Å²) in [7, 11) is 0. The third-order valence-corrected chi connectivity index (χ3v) is 5.54. The lowest BCUT2D eigenvalue weighted by Gasteiger charge is -2.49. The molecule has 1 saturated heterocycles. The van der Waals surface area contributed by atoms with Crippen molar-refractivity contribution < 1.29 is 38.1 Å². The summed E-state index contributed by atoms with van der Waals surface area (Å²) in [5.74, 6) is -2.92. The van der Waals surface area contributed by atoms with Gasteiger partial charge in [0.1, 0.15) is 35.3 Å². The fraction of sp³-hybridized carbons (Fsp3) is 0.333. The maximum Gasteiger partial charge on any atom is 0.352 e. The zero-order valence-corrected chi connectivity index (χ0v) is 16.0. The normalized spacial score (nSPS) is 20.5. The number of benzene rings is 1. The van der Waals surface area contributed by atoms with Gasteiger partial charge in [0.05, 0.1) is 0 Å². The van der Waals surface area contributed by atoms with E-state index < -0.39 is 41.0 Å². The number of halogens is 1. The highest BCUT2D eigenvalue weighted by atomic mass is 32.2. The second kappa shape index (κ2) is 8.52. The van der Waals surface area contributed by atoms with Gasteiger partial charge in [-0.1, -0.05) is 0 Å². The molecule has 3 rings (SSSR count). The molecule has 1 aromatic rings. The van der Waals surface area contributed by atoms with Gasteiger partial charge in [-0.25, -0.2) is 9.18 Å². The number of aliphatic carboxylic acids is 1. The van der Waals surface area contributed by atoms with Crippen LogP contribution in [-0.4, -0.2) is 64.1 Å². The summed E-state index contributed by atoms with van der Waals surface area (Å²) in [6.07, 6.45) is 0. The van der Waals surface area contributed by atoms with Crippen molar-refractivity contribution in [3.63, 3.8) is 0 Å². The smallest absolute Gasteiger partial charge is 0.352 e. The number of nitrogens with zero attached hydrogens (tertiary/aromatic N) is 1. The number of carboxylic acid groups (broad SMARTS) is 1. The Bertz CT molecular complexity index is 887. The summed E-state index contributed by atoms with van der Waals surface area (Å²) in [4.78, 5) is 48.2. The number of fused-ring (bicyclic) bond motifs is 1. The molecule has 2 aliphatic heterocycles. The van der Waals surface area contributed by atoms with Crippen LogP contribution >= 0.6 is 11.8 Å². The van der Waals surface area contributed by atoms with Crippen molar-refractivity contribution in [1.29, 1.82) is 0 Å². The average Bonchev–Trinajstić information content (AvgIpc) is 2.69. The number of carboxylic acids is 1. The zero-order valence-electron chi connectivity index (χ0n) is 15.2. The number of ether oxygens (including phenoxy) is 2. The van der Waals surface area contributed by atoms with Crippen LogP contribution in [0.25, 0.3) is 0 Å². The van der Waals surface area contributed by atoms with Gasteiger partial charge in [-0.3, -0.25) is 19.3 Å². The molecule has 0 unspecified atom stereocenters. The molecule has 0 aromatic heterocycles. The predicted molar refractivity (Wildman–Crippen MR) is 98.2 cm³/mol. The van der Waals surface area contributed by atoms with Gasteiger partial charge in [-0.05, 0) is 24.3 Å². The molecule has 0 saturated carbocycles. The largest absolute Gasteiger partial charge is 0.484 e. The maximum absolute atomic E-state index is 12.9. The number of carbonyl (C=O) groups excluding carboxylic acids is 3. The molecule has 1 aromatic carbocycles. The number of hydrogen-bond acceptors (Lipinski definition) is 7. The Morgan fingerprint density at radius 2 is 2.00 bits per heavy atom. The highest BCUT2D eigenvalue weighted by Gasteiger charge is 2.54. The SMILES string of the molecule is CC(=O)OCC1=C(C(=O)O)N2C(=O)[C@@H](NC(=O)COc3ccc(F)cc3)[C@@H]2SC1. The molecule has 0 aliphatic carbocycles. The Morgan fingerprint density at radius 3 is 2.62 bits per heavy atom. The Morgan fingerprint density at radius 1 is 1.31 bits per heavy atom. The molecule has 9 nitrogen and oxygen atoms in total. The molecular weight excluding hydrogens is 407 g/mol. The minimum atomic E-state index is -1.31. The van der Waals surface area contributed by atoms with E-state index in [1.54, 1.807) is 0 Å². The quantitative estimate of drug-likeness (QED) is 0.480. The standard InChI is InChI=1S/C18H17FN2O7S/c1-9(22)27-6-10-8-29-17-14(16(24)21(17)15(10)18(25)26)20-13(23)7-28-12-4-2-11(19)3-5-12/h2-5,14,17H,6-8H2,1H3,(H,20,23)(H,25,26)/t14-,17+/m1/s1. The van der Waals surface area contributed by atoms with Crippen molar-refractivity contribution in [2.45, 2.75) is 18.3 Å². The highest BCUT2D eigenvalue weighted by molar-refractivity contribution is 8.00. The van der Waals surface area contributed by atoms with E-state index in [1.165, 1.54) is 43.0 Å². The summed E-state index contributed by atoms with van der Waals surface area (Å²) >= 11 is 1.26. The molecule has 0 spiro atoms. The Labute approximate surface area is 168 Å². The van der Waals surface area contributed by atoms with Crippen molar-refractivity contribution in [3.05, 3.63) is 41.4 Å². The van der Waals surface area contributed by atoms with Crippen LogP contribution in [-0.2, 0) is 23.9 Å². The number of amides is 2. The topological polar surface area (TPSA) is 122 Å². The van der Waals surface area contributed by atoms with Gasteiger partial charge in [0.25, 0.3) is 11.8 Å². The van der Waals surface area contributed by atoms with Crippen LogP contribution in [0.5, 0.6) is 5.75 Å². The van der Waals surface area contributed by atoms with Crippen LogP contribution in [0.3, 0.4) is 0 Å². The second-order valence-electron chi connectivity index (χ2n) is 6.24. The first kappa shape index (κ1) is 20.6. The zero-order chi connectivity index (χ0) is 21.1. The first-order valence-corrected chi connectivity index (χ1v) is 9.54. The molecular formula is C18H17FN2O7S. The number of thioether (sulfide) groups is 1. The number of carbonyl (C=O) groups is 4. The third kappa shape index (κ3) is 4.50. The van der Waals surface area contributed by atoms with Crippen LogP contribution in [0.2, 0.25) is 0 Å². The molecule has 2 atom stereocenters. The summed E-state index contributed by atoms with van der Waals surface area (Å²) in [6, 6.07) is 4.21. The van der Waals surface area contributed by atoms with Gasteiger partial charge in [-0.15, -0.1) is 11.8 Å². The number of hydrogen-bond donors (Lipinski definition) is 2. The van der Waals surface area contributed by atoms with E-state index in [0.717, 1.165) is 4.90 Å². The number of nitrogens with one attached hydrogen (secondary N) is 1. The van der Waals surface area contributed by atoms with Crippen molar-refractivity contribution >= 4 is 35.5 Å². The van der Waals surface area contributed by atoms with Gasteiger partial charge >= 0.3 is 11.9 Å². The van der Waals surface area contributed by atoms with E-state index >= 15 is 0 Å². The molecule has 0 bridgehead atoms. The maximum atomic E-state index is 12.9. The number of esters is 1. The fourth-order valence-corrected chi connectivity index (χ4v) is 4.21. The second-order valence-corrected chi connectivity index (χ2v) is 7.34. The van der Waals surface area contributed by atoms with Crippen molar-refractivity contribution in [2.24, 2.45) is 0 Å². The lowest BCUT2D eigenvalue weighted by molar-refractivity contribution is -0.151. The minimum absolute atomic E-state index is 0.219. The predicted octanol–water partition coefficient (Wildman–Crippen LogP) is 0.506. The highest BCUT2D eigenvalue weighted by Crippen LogP contribution is 2.40. The fourth-order valence-electron chi connectivity index (χ4n) is 2.88. The first-order chi connectivity index (χ1) is 13.8. The van der Waals surface area contributed by atoms with Crippen LogP contribution in [0, 0.1) is 5.82 Å². The first-order valence-electron chi connectivity index (χ1n) is 8.49. The van der Waals surface area contributed by atoms with Gasteiger partial charge in [0.2, 0.25) is 0 Å². The van der Waals surface area contributed by atoms with Crippen molar-refractivity contribution in [2.75, 3.05) is 19.0 Å². The monoisotopic (exact) mass is 424 g/mol. The molecule has 29 heavy (non-hydrogen) atoms. The van der Waals surface area contributed by atoms with E-state index in [4.69, 9.17) is 9.47 Å². The molecule has 154 valence electrons. The van der Waals surface area contributed by atoms with Gasteiger partial charge in [0, 0.05) is 18.2 Å². The third-order valence-electron chi connectivity index (χ3n) is 4.20. The lowest BCUT2D eigenvalue weighted by Crippen LogP contribution is -2.71. The van der Waals surface area contributed by atoms with Crippen LogP contribution in [0.4, 0.5) is 4.39 Å². The summed E-state index contributed by atoms with van der Waals surface area (Å²) in [5, 5.41) is 11.4. The van der Waals surface area contributed by atoms with E-state index in [-0.39, 0.29) is 24.7 Å². The van der Waals surface area contributed by atoms with Gasteiger partial charge in [-0.2, -0.15) is 0 Å². The van der Waals surface area contributed by atoms with Crippen molar-refractivity contribution in [1.82, 2.24) is 10.2 Å². The molecule has 0 radical (unpaired) electrons. The average molecular weight is 424 g/mol. The Hall–Kier alpha value is -3.08. The molecule has 2 heterocycles. The van der Waals surface area contributed by atoms with Gasteiger partial charge in [0.15, 0.2) is 6.61 Å². The molecule has 11 heteroatoms. The minimum Gasteiger partial charge on any atom is -0.484 e. The summed E-state index contributed by atoms with van der Waals surface area (Å²) in [6.45, 7) is 0.600. The molecule has 2 N–H and O–H groups in total. The molecule has 1 fully saturated rings. The van der Waals surface area contributed by atoms with Crippen molar-refractivity contribution in [3.8, 4) is 5.75 Å². The van der Waals surface area contributed by atoms with Crippen LogP contribution in [0.15, 0.2) is 35.5 Å². The van der Waals surface area contributed by atoms with E-state index in [2.05, 4.69) is 5.32 Å². The molecule has 2 aliphatic rings. The Kier molecular flexibility index (Phi) is 6.06. The van der Waals surface area contributed by atoms with E-state index in [9.17, 15) is 28.7 Å². The Balaban J connectivity index is 1.61. The molecule has 2 amide bonds. The summed E-state index contributed by atoms with van der Waals surface area (Å²) in [5.41, 5.74) is 0.0831. The lowest BCUT2D eigenvalue weighted by atomic mass is 10.0. The number of β-lactam (4-membered cyclic amide) rings is 1. The van der Waals surface area contributed by atoms with Crippen LogP contribution in [0.1, 0.15) is 6.92 Å². The van der Waals surface area contributed by atoms with Crippen LogP contribution < -0.4 is 10.1 Å². The van der Waals surface area contributed by atoms with Gasteiger partial charge < -0.3 is 19.9 Å².